The van der Waals surface area contributed by atoms with Gasteiger partial charge in [0.1, 0.15) is 5.76 Å². The molecule has 0 unspecified atom stereocenters. The largest absolute Gasteiger partial charge is 0.467 e. The zero-order valence-corrected chi connectivity index (χ0v) is 12.3. The summed E-state index contributed by atoms with van der Waals surface area (Å²) < 4.78 is 5.24. The van der Waals surface area contributed by atoms with Crippen LogP contribution in [-0.2, 0) is 13.1 Å². The minimum atomic E-state index is -0.395. The molecule has 1 heterocycles. The summed E-state index contributed by atoms with van der Waals surface area (Å²) in [6.45, 7) is 3.37. The van der Waals surface area contributed by atoms with Crippen LogP contribution in [0.5, 0.6) is 0 Å². The van der Waals surface area contributed by atoms with Crippen LogP contribution in [0.4, 0.5) is 5.69 Å². The van der Waals surface area contributed by atoms with Gasteiger partial charge in [-0.25, -0.2) is 4.99 Å². The number of guanidine groups is 1. The molecule has 0 spiro atoms. The maximum atomic E-state index is 11.0. The molecule has 0 fully saturated rings. The Hall–Kier alpha value is -2.83. The Morgan fingerprint density at radius 2 is 2.09 bits per heavy atom. The third-order valence-corrected chi connectivity index (χ3v) is 2.95. The number of nitro benzene ring substituents is 1. The van der Waals surface area contributed by atoms with Crippen molar-refractivity contribution >= 4 is 11.6 Å². The van der Waals surface area contributed by atoms with E-state index in [1.54, 1.807) is 24.5 Å². The van der Waals surface area contributed by atoms with Crippen LogP contribution in [-0.4, -0.2) is 17.4 Å². The van der Waals surface area contributed by atoms with Crippen molar-refractivity contribution in [3.63, 3.8) is 0 Å². The number of nitro groups is 1. The molecule has 116 valence electrons. The summed E-state index contributed by atoms with van der Waals surface area (Å²) in [5.41, 5.74) is 0.649. The molecule has 0 aliphatic rings. The van der Waals surface area contributed by atoms with Crippen LogP contribution in [0, 0.1) is 10.1 Å². The smallest absolute Gasteiger partial charge is 0.274 e. The standard InChI is InChI=1S/C15H18N4O3/c1-2-16-15(18-11-13-7-5-9-22-13)17-10-12-6-3-4-8-14(12)19(20)21/h3-9H,2,10-11H2,1H3,(H2,16,17,18). The maximum Gasteiger partial charge on any atom is 0.274 e. The van der Waals surface area contributed by atoms with Gasteiger partial charge in [-0.15, -0.1) is 0 Å². The fraction of sp³-hybridized carbons (Fsp3) is 0.267. The van der Waals surface area contributed by atoms with Gasteiger partial charge in [0.2, 0.25) is 0 Å². The van der Waals surface area contributed by atoms with Crippen LogP contribution in [0.15, 0.2) is 52.1 Å². The number of furan rings is 1. The lowest BCUT2D eigenvalue weighted by Gasteiger charge is -2.10. The van der Waals surface area contributed by atoms with Crippen LogP contribution < -0.4 is 10.6 Å². The van der Waals surface area contributed by atoms with Crippen molar-refractivity contribution in [3.8, 4) is 0 Å². The Morgan fingerprint density at radius 3 is 2.77 bits per heavy atom. The minimum absolute atomic E-state index is 0.0770. The number of nitrogens with zero attached hydrogens (tertiary/aromatic N) is 2. The summed E-state index contributed by atoms with van der Waals surface area (Å²) >= 11 is 0. The molecule has 0 amide bonds. The van der Waals surface area contributed by atoms with Crippen LogP contribution in [0.2, 0.25) is 0 Å². The molecular formula is C15H18N4O3. The fourth-order valence-corrected chi connectivity index (χ4v) is 1.91. The number of rotatable bonds is 6. The van der Waals surface area contributed by atoms with Gasteiger partial charge in [0.25, 0.3) is 5.69 Å². The van der Waals surface area contributed by atoms with E-state index in [2.05, 4.69) is 15.6 Å². The van der Waals surface area contributed by atoms with E-state index in [0.29, 0.717) is 24.6 Å². The first-order chi connectivity index (χ1) is 10.7. The zero-order valence-electron chi connectivity index (χ0n) is 12.3. The van der Waals surface area contributed by atoms with Crippen LogP contribution in [0.3, 0.4) is 0 Å². The normalized spacial score (nSPS) is 11.2. The van der Waals surface area contributed by atoms with Crippen molar-refractivity contribution in [2.75, 3.05) is 6.54 Å². The number of nitrogens with one attached hydrogen (secondary N) is 2. The van der Waals surface area contributed by atoms with Crippen LogP contribution in [0.1, 0.15) is 18.2 Å². The molecule has 2 rings (SSSR count). The number of aliphatic imine (C=N–C) groups is 1. The Labute approximate surface area is 128 Å². The second-order valence-electron chi connectivity index (χ2n) is 4.51. The summed E-state index contributed by atoms with van der Waals surface area (Å²) in [7, 11) is 0. The van der Waals surface area contributed by atoms with E-state index in [-0.39, 0.29) is 12.2 Å². The van der Waals surface area contributed by atoms with E-state index in [1.165, 1.54) is 6.07 Å². The van der Waals surface area contributed by atoms with Gasteiger partial charge in [-0.1, -0.05) is 18.2 Å². The van der Waals surface area contributed by atoms with E-state index < -0.39 is 4.92 Å². The lowest BCUT2D eigenvalue weighted by atomic mass is 10.2. The van der Waals surface area contributed by atoms with Gasteiger partial charge in [-0.2, -0.15) is 0 Å². The topological polar surface area (TPSA) is 92.7 Å². The van der Waals surface area contributed by atoms with Crippen molar-refractivity contribution in [2.45, 2.75) is 20.0 Å². The summed E-state index contributed by atoms with van der Waals surface area (Å²) in [6.07, 6.45) is 1.61. The molecule has 0 atom stereocenters. The highest BCUT2D eigenvalue weighted by molar-refractivity contribution is 5.79. The van der Waals surface area contributed by atoms with E-state index in [0.717, 1.165) is 5.76 Å². The zero-order chi connectivity index (χ0) is 15.8. The third kappa shape index (κ3) is 4.34. The van der Waals surface area contributed by atoms with Gasteiger partial charge in [0.05, 0.1) is 29.8 Å². The average Bonchev–Trinajstić information content (AvgIpc) is 3.03. The van der Waals surface area contributed by atoms with Gasteiger partial charge in [-0.3, -0.25) is 10.1 Å². The van der Waals surface area contributed by atoms with Crippen LogP contribution in [0.25, 0.3) is 0 Å². The van der Waals surface area contributed by atoms with Gasteiger partial charge in [-0.05, 0) is 19.1 Å². The van der Waals surface area contributed by atoms with E-state index >= 15 is 0 Å². The minimum Gasteiger partial charge on any atom is -0.467 e. The summed E-state index contributed by atoms with van der Waals surface area (Å²) in [6, 6.07) is 10.3. The summed E-state index contributed by atoms with van der Waals surface area (Å²) in [5, 5.41) is 17.2. The third-order valence-electron chi connectivity index (χ3n) is 2.95. The van der Waals surface area contributed by atoms with Crippen molar-refractivity contribution in [1.82, 2.24) is 10.6 Å². The van der Waals surface area contributed by atoms with Gasteiger partial charge in [0, 0.05) is 12.6 Å². The van der Waals surface area contributed by atoms with Crippen LogP contribution >= 0.6 is 0 Å². The van der Waals surface area contributed by atoms with Gasteiger partial charge < -0.3 is 15.1 Å². The Balaban J connectivity index is 2.05. The van der Waals surface area contributed by atoms with Crippen molar-refractivity contribution < 1.29 is 9.34 Å². The summed E-state index contributed by atoms with van der Waals surface area (Å²) in [5.74, 6) is 1.37. The Kier molecular flexibility index (Phi) is 5.53. The quantitative estimate of drug-likeness (QED) is 0.370. The molecule has 0 saturated heterocycles. The van der Waals surface area contributed by atoms with E-state index in [9.17, 15) is 10.1 Å². The maximum absolute atomic E-state index is 11.0. The van der Waals surface area contributed by atoms with Crippen molar-refractivity contribution in [3.05, 3.63) is 64.1 Å². The molecule has 2 aromatic rings. The molecular weight excluding hydrogens is 284 g/mol. The number of hydrogen-bond acceptors (Lipinski definition) is 4. The lowest BCUT2D eigenvalue weighted by molar-refractivity contribution is -0.385. The highest BCUT2D eigenvalue weighted by atomic mass is 16.6. The second kappa shape index (κ2) is 7.82. The first kappa shape index (κ1) is 15.6. The molecule has 0 bridgehead atoms. The molecule has 7 heteroatoms. The SMILES string of the molecule is CCNC(=NCc1ccccc1[N+](=O)[O-])NCc1ccco1. The predicted octanol–water partition coefficient (Wildman–Crippen LogP) is 2.44. The number of benzene rings is 1. The molecule has 0 aliphatic carbocycles. The molecule has 0 aliphatic heterocycles. The lowest BCUT2D eigenvalue weighted by Crippen LogP contribution is -2.36. The highest BCUT2D eigenvalue weighted by Crippen LogP contribution is 2.18. The predicted molar refractivity (Wildman–Crippen MR) is 83.5 cm³/mol. The van der Waals surface area contributed by atoms with Crippen molar-refractivity contribution in [1.29, 1.82) is 0 Å². The Morgan fingerprint density at radius 1 is 1.27 bits per heavy atom. The highest BCUT2D eigenvalue weighted by Gasteiger charge is 2.11. The first-order valence-corrected chi connectivity index (χ1v) is 6.97. The van der Waals surface area contributed by atoms with E-state index in [4.69, 9.17) is 4.42 Å². The molecule has 2 N–H and O–H groups in total. The molecule has 7 nitrogen and oxygen atoms in total. The van der Waals surface area contributed by atoms with E-state index in [1.807, 2.05) is 19.1 Å². The monoisotopic (exact) mass is 302 g/mol. The Bertz CT molecular complexity index is 638. The first-order valence-electron chi connectivity index (χ1n) is 6.97. The average molecular weight is 302 g/mol. The molecule has 1 aromatic heterocycles. The molecule has 1 aromatic carbocycles. The number of hydrogen-bond donors (Lipinski definition) is 2. The van der Waals surface area contributed by atoms with Crippen molar-refractivity contribution in [2.24, 2.45) is 4.99 Å². The van der Waals surface area contributed by atoms with Gasteiger partial charge >= 0.3 is 0 Å². The fourth-order valence-electron chi connectivity index (χ4n) is 1.91. The number of para-hydroxylation sites is 1. The molecule has 0 saturated carbocycles. The second-order valence-corrected chi connectivity index (χ2v) is 4.51. The summed E-state index contributed by atoms with van der Waals surface area (Å²) in [4.78, 5) is 15.0. The molecule has 0 radical (unpaired) electrons. The van der Waals surface area contributed by atoms with Gasteiger partial charge in [0.15, 0.2) is 5.96 Å². The molecule has 22 heavy (non-hydrogen) atoms.